The summed E-state index contributed by atoms with van der Waals surface area (Å²) in [4.78, 5) is 27.1. The maximum absolute atomic E-state index is 13.3. The van der Waals surface area contributed by atoms with Crippen molar-refractivity contribution >= 4 is 16.8 Å². The highest BCUT2D eigenvalue weighted by Gasteiger charge is 2.29. The van der Waals surface area contributed by atoms with E-state index in [9.17, 15) is 23.1 Å². The minimum Gasteiger partial charge on any atom is -0.395 e. The number of fused-ring (bicyclic) bond motifs is 1. The van der Waals surface area contributed by atoms with E-state index < -0.39 is 18.3 Å². The summed E-state index contributed by atoms with van der Waals surface area (Å²) in [5, 5.41) is 19.8. The number of rotatable bonds is 7. The fourth-order valence-electron chi connectivity index (χ4n) is 3.97. The van der Waals surface area contributed by atoms with Crippen LogP contribution in [0.3, 0.4) is 0 Å². The Morgan fingerprint density at radius 3 is 2.41 bits per heavy atom. The number of halogens is 3. The van der Waals surface area contributed by atoms with E-state index in [2.05, 4.69) is 15.0 Å². The molecule has 194 valence electrons. The van der Waals surface area contributed by atoms with Gasteiger partial charge in [-0.05, 0) is 49.7 Å². The topological polar surface area (TPSA) is 104 Å². The molecule has 3 aromatic heterocycles. The van der Waals surface area contributed by atoms with E-state index in [4.69, 9.17) is 5.11 Å². The Morgan fingerprint density at radius 1 is 1.08 bits per heavy atom. The number of aliphatic hydroxyl groups excluding tert-OH is 1. The van der Waals surface area contributed by atoms with Crippen LogP contribution >= 0.6 is 0 Å². The summed E-state index contributed by atoms with van der Waals surface area (Å²) in [6, 6.07) is 7.85. The number of carbonyl (C=O) groups excluding carboxylic acids is 1. The number of aromatic nitrogens is 4. The lowest BCUT2D eigenvalue weighted by molar-refractivity contribution is -0.139. The van der Waals surface area contributed by atoms with E-state index in [1.54, 1.807) is 32.2 Å². The Kier molecular flexibility index (Phi) is 7.03. The summed E-state index contributed by atoms with van der Waals surface area (Å²) >= 11 is 0. The van der Waals surface area contributed by atoms with E-state index in [0.29, 0.717) is 27.8 Å². The predicted molar refractivity (Wildman–Crippen MR) is 132 cm³/mol. The third kappa shape index (κ3) is 5.78. The van der Waals surface area contributed by atoms with Crippen LogP contribution < -0.4 is 0 Å². The number of hydrogen-bond donors (Lipinski definition) is 2. The van der Waals surface area contributed by atoms with Gasteiger partial charge in [-0.15, -0.1) is 0 Å². The molecule has 2 N–H and O–H groups in total. The number of benzene rings is 1. The molecule has 0 aliphatic carbocycles. The molecular weight excluding hydrogens is 487 g/mol. The lowest BCUT2D eigenvalue weighted by Gasteiger charge is -2.18. The minimum atomic E-state index is -4.46. The molecule has 0 aliphatic rings. The summed E-state index contributed by atoms with van der Waals surface area (Å²) < 4.78 is 40.9. The summed E-state index contributed by atoms with van der Waals surface area (Å²) in [7, 11) is 1.53. The van der Waals surface area contributed by atoms with E-state index in [0.717, 1.165) is 4.57 Å². The molecule has 1 aromatic carbocycles. The first-order valence-corrected chi connectivity index (χ1v) is 11.4. The fraction of sp³-hybridized carbons (Fsp3) is 0.308. The Bertz CT molecular complexity index is 1430. The number of aliphatic hydroxyl groups is 2. The van der Waals surface area contributed by atoms with E-state index in [1.165, 1.54) is 48.7 Å². The molecule has 37 heavy (non-hydrogen) atoms. The van der Waals surface area contributed by atoms with Crippen LogP contribution in [0.25, 0.3) is 33.5 Å². The second-order valence-electron chi connectivity index (χ2n) is 9.25. The third-order valence-electron chi connectivity index (χ3n) is 5.91. The molecule has 3 heterocycles. The zero-order chi connectivity index (χ0) is 27.0. The van der Waals surface area contributed by atoms with Crippen molar-refractivity contribution in [3.8, 4) is 22.6 Å². The van der Waals surface area contributed by atoms with Crippen molar-refractivity contribution in [2.45, 2.75) is 32.2 Å². The molecule has 0 bridgehead atoms. The second-order valence-corrected chi connectivity index (χ2v) is 9.25. The van der Waals surface area contributed by atoms with Crippen LogP contribution in [0.2, 0.25) is 0 Å². The van der Waals surface area contributed by atoms with Gasteiger partial charge in [-0.3, -0.25) is 9.78 Å². The molecule has 0 saturated carbocycles. The quantitative estimate of drug-likeness (QED) is 0.387. The summed E-state index contributed by atoms with van der Waals surface area (Å²) in [6.45, 7) is 2.00. The van der Waals surface area contributed by atoms with Gasteiger partial charge in [0.25, 0.3) is 5.91 Å². The normalized spacial score (nSPS) is 12.2. The summed E-state index contributed by atoms with van der Waals surface area (Å²) in [5.74, 6) is -0.193. The fourth-order valence-corrected chi connectivity index (χ4v) is 3.97. The first kappa shape index (κ1) is 26.2. The molecular formula is C26H26F3N5O3. The van der Waals surface area contributed by atoms with Gasteiger partial charge in [0.1, 0.15) is 6.54 Å². The van der Waals surface area contributed by atoms with Crippen molar-refractivity contribution in [2.75, 3.05) is 20.2 Å². The molecule has 0 unspecified atom stereocenters. The van der Waals surface area contributed by atoms with Crippen LogP contribution in [0.4, 0.5) is 13.2 Å². The third-order valence-corrected chi connectivity index (χ3v) is 5.91. The largest absolute Gasteiger partial charge is 0.406 e. The molecule has 0 aliphatic heterocycles. The minimum absolute atomic E-state index is 0.117. The number of likely N-dealkylation sites (N-methyl/N-ethyl adjacent to an activating group) is 1. The van der Waals surface area contributed by atoms with Crippen LogP contribution in [0, 0.1) is 0 Å². The number of pyridine rings is 1. The molecule has 4 aromatic rings. The zero-order valence-electron chi connectivity index (χ0n) is 20.5. The first-order valence-electron chi connectivity index (χ1n) is 11.4. The molecule has 0 fully saturated rings. The zero-order valence-corrected chi connectivity index (χ0v) is 20.5. The van der Waals surface area contributed by atoms with Gasteiger partial charge in [0.2, 0.25) is 0 Å². The van der Waals surface area contributed by atoms with E-state index >= 15 is 0 Å². The van der Waals surface area contributed by atoms with Gasteiger partial charge >= 0.3 is 6.18 Å². The highest BCUT2D eigenvalue weighted by atomic mass is 19.4. The smallest absolute Gasteiger partial charge is 0.395 e. The van der Waals surface area contributed by atoms with Crippen LogP contribution in [0.15, 0.2) is 55.1 Å². The van der Waals surface area contributed by atoms with Gasteiger partial charge in [-0.25, -0.2) is 9.97 Å². The molecule has 0 saturated heterocycles. The first-order chi connectivity index (χ1) is 17.4. The van der Waals surface area contributed by atoms with Crippen molar-refractivity contribution < 1.29 is 28.2 Å². The SMILES string of the molecule is CN(CCO)C(=O)c1ccc2c(c1)c(-c1ncc(-c3cc(C(C)(C)O)ccn3)cn1)cn2CC(F)(F)F. The maximum Gasteiger partial charge on any atom is 0.406 e. The number of nitrogens with zero attached hydrogens (tertiary/aromatic N) is 5. The summed E-state index contributed by atoms with van der Waals surface area (Å²) in [6.07, 6.45) is 1.45. The Labute approximate surface area is 211 Å². The standard InChI is InChI=1S/C26H26F3N5O3/c1-25(2,37)18-6-7-30-21(11-18)17-12-31-23(32-13-17)20-14-34(15-26(27,28)29)22-5-4-16(10-19(20)22)24(36)33(3)8-9-35/h4-7,10-14,35,37H,8-9,15H2,1-3H3. The molecule has 0 atom stereocenters. The molecule has 8 nitrogen and oxygen atoms in total. The second kappa shape index (κ2) is 9.91. The van der Waals surface area contributed by atoms with Crippen molar-refractivity contribution in [1.29, 1.82) is 0 Å². The van der Waals surface area contributed by atoms with Crippen LogP contribution in [0.1, 0.15) is 29.8 Å². The van der Waals surface area contributed by atoms with Gasteiger partial charge in [0.05, 0.1) is 17.9 Å². The van der Waals surface area contributed by atoms with Crippen molar-refractivity contribution in [3.63, 3.8) is 0 Å². The Morgan fingerprint density at radius 2 is 1.78 bits per heavy atom. The van der Waals surface area contributed by atoms with Gasteiger partial charge in [-0.2, -0.15) is 13.2 Å². The van der Waals surface area contributed by atoms with Crippen molar-refractivity contribution in [1.82, 2.24) is 24.4 Å². The van der Waals surface area contributed by atoms with Crippen LogP contribution in [-0.2, 0) is 12.1 Å². The van der Waals surface area contributed by atoms with Crippen molar-refractivity contribution in [3.05, 3.63) is 66.2 Å². The number of amides is 1. The van der Waals surface area contributed by atoms with Crippen molar-refractivity contribution in [2.24, 2.45) is 0 Å². The van der Waals surface area contributed by atoms with Gasteiger partial charge in [-0.1, -0.05) is 0 Å². The van der Waals surface area contributed by atoms with Gasteiger partial charge < -0.3 is 19.7 Å². The number of alkyl halides is 3. The molecule has 4 rings (SSSR count). The Balaban J connectivity index is 1.78. The lowest BCUT2D eigenvalue weighted by atomic mass is 9.98. The molecule has 11 heteroatoms. The monoisotopic (exact) mass is 513 g/mol. The van der Waals surface area contributed by atoms with Crippen LogP contribution in [-0.4, -0.2) is 66.9 Å². The highest BCUT2D eigenvalue weighted by molar-refractivity contribution is 6.02. The molecule has 0 spiro atoms. The van der Waals surface area contributed by atoms with Crippen LogP contribution in [0.5, 0.6) is 0 Å². The average molecular weight is 514 g/mol. The number of carbonyl (C=O) groups is 1. The van der Waals surface area contributed by atoms with E-state index in [1.807, 2.05) is 0 Å². The molecule has 1 amide bonds. The predicted octanol–water partition coefficient (Wildman–Crippen LogP) is 4.01. The Hall–Kier alpha value is -3.83. The van der Waals surface area contributed by atoms with E-state index in [-0.39, 0.29) is 36.0 Å². The maximum atomic E-state index is 13.3. The van der Waals surface area contributed by atoms with Gasteiger partial charge in [0.15, 0.2) is 5.82 Å². The highest BCUT2D eigenvalue weighted by Crippen LogP contribution is 2.33. The average Bonchev–Trinajstić information content (AvgIpc) is 3.19. The van der Waals surface area contributed by atoms with Gasteiger partial charge in [0, 0.05) is 66.0 Å². The lowest BCUT2D eigenvalue weighted by Crippen LogP contribution is -2.29. The number of hydrogen-bond acceptors (Lipinski definition) is 6. The molecule has 0 radical (unpaired) electrons. The summed E-state index contributed by atoms with van der Waals surface area (Å²) in [5.41, 5.74) is 1.56.